The van der Waals surface area contributed by atoms with Crippen LogP contribution in [0.25, 0.3) is 11.3 Å². The molecule has 0 bridgehead atoms. The third-order valence-corrected chi connectivity index (χ3v) is 2.10. The number of aryl methyl sites for hydroxylation is 1. The van der Waals surface area contributed by atoms with Crippen molar-refractivity contribution < 1.29 is 8.78 Å². The molecule has 0 amide bonds. The van der Waals surface area contributed by atoms with E-state index in [1.165, 1.54) is 6.07 Å². The zero-order valence-electron chi connectivity index (χ0n) is 7.59. The Bertz CT molecular complexity index is 460. The molecule has 1 aromatic carbocycles. The number of halogens is 2. The predicted octanol–water partition coefficient (Wildman–Crippen LogP) is 2.77. The fraction of sp³-hybridized carbons (Fsp3) is 0.0909. The molecule has 0 spiro atoms. The fourth-order valence-electron chi connectivity index (χ4n) is 1.37. The summed E-state index contributed by atoms with van der Waals surface area (Å²) < 4.78 is 27.9. The number of rotatable bonds is 1. The van der Waals surface area contributed by atoms with Crippen molar-refractivity contribution in [3.8, 4) is 11.3 Å². The first-order valence-electron chi connectivity index (χ1n) is 4.17. The zero-order valence-corrected chi connectivity index (χ0v) is 7.59. The first-order valence-corrected chi connectivity index (χ1v) is 4.17. The van der Waals surface area contributed by atoms with Gasteiger partial charge in [-0.1, -0.05) is 6.07 Å². The SMILES string of the molecule is Cn1c[c]cc1-c1cccc(F)c1F. The molecule has 0 aliphatic rings. The summed E-state index contributed by atoms with van der Waals surface area (Å²) in [7, 11) is 1.76. The number of hydrogen-bond acceptors (Lipinski definition) is 0. The minimum atomic E-state index is -0.830. The molecule has 0 saturated heterocycles. The van der Waals surface area contributed by atoms with Gasteiger partial charge in [0, 0.05) is 24.9 Å². The number of hydrogen-bond donors (Lipinski definition) is 0. The Morgan fingerprint density at radius 1 is 1.29 bits per heavy atom. The summed E-state index contributed by atoms with van der Waals surface area (Å²) in [5.74, 6) is -1.65. The summed E-state index contributed by atoms with van der Waals surface area (Å²) in [5, 5.41) is 0. The predicted molar refractivity (Wildman–Crippen MR) is 49.6 cm³/mol. The average molecular weight is 192 g/mol. The maximum Gasteiger partial charge on any atom is 0.168 e. The standard InChI is InChI=1S/C11H8F2N/c1-14-7-3-6-10(14)8-4-2-5-9(12)11(8)13/h2,4-7H,1H3. The topological polar surface area (TPSA) is 4.93 Å². The van der Waals surface area contributed by atoms with Gasteiger partial charge in [-0.15, -0.1) is 0 Å². The Morgan fingerprint density at radius 3 is 2.71 bits per heavy atom. The minimum Gasteiger partial charge on any atom is -0.350 e. The van der Waals surface area contributed by atoms with Gasteiger partial charge in [0.2, 0.25) is 0 Å². The lowest BCUT2D eigenvalue weighted by Gasteiger charge is -2.04. The van der Waals surface area contributed by atoms with E-state index in [9.17, 15) is 8.78 Å². The molecule has 1 aromatic heterocycles. The molecule has 14 heavy (non-hydrogen) atoms. The number of nitrogens with zero attached hydrogens (tertiary/aromatic N) is 1. The van der Waals surface area contributed by atoms with Gasteiger partial charge in [-0.3, -0.25) is 0 Å². The maximum atomic E-state index is 13.3. The normalized spacial score (nSPS) is 10.5. The second-order valence-electron chi connectivity index (χ2n) is 3.04. The van der Waals surface area contributed by atoms with Crippen molar-refractivity contribution in [1.82, 2.24) is 4.57 Å². The van der Waals surface area contributed by atoms with Gasteiger partial charge in [0.05, 0.1) is 5.69 Å². The molecule has 1 radical (unpaired) electrons. The molecule has 0 saturated carbocycles. The Hall–Kier alpha value is -1.64. The summed E-state index contributed by atoms with van der Waals surface area (Å²) >= 11 is 0. The van der Waals surface area contributed by atoms with E-state index >= 15 is 0 Å². The highest BCUT2D eigenvalue weighted by molar-refractivity contribution is 5.60. The van der Waals surface area contributed by atoms with Crippen LogP contribution in [0.4, 0.5) is 8.78 Å². The molecular weight excluding hydrogens is 184 g/mol. The van der Waals surface area contributed by atoms with E-state index in [0.717, 1.165) is 6.07 Å². The molecule has 0 N–H and O–H groups in total. The Labute approximate surface area is 80.6 Å². The summed E-state index contributed by atoms with van der Waals surface area (Å²) in [5.41, 5.74) is 0.871. The van der Waals surface area contributed by atoms with Gasteiger partial charge in [-0.05, 0) is 18.2 Å². The van der Waals surface area contributed by atoms with Gasteiger partial charge in [0.15, 0.2) is 11.6 Å². The Balaban J connectivity index is 2.63. The molecule has 2 rings (SSSR count). The first kappa shape index (κ1) is 8.94. The lowest BCUT2D eigenvalue weighted by molar-refractivity contribution is 0.510. The Morgan fingerprint density at radius 2 is 2.07 bits per heavy atom. The highest BCUT2D eigenvalue weighted by Gasteiger charge is 2.10. The monoisotopic (exact) mass is 192 g/mol. The van der Waals surface area contributed by atoms with E-state index in [0.29, 0.717) is 5.69 Å². The summed E-state index contributed by atoms with van der Waals surface area (Å²) in [6, 6.07) is 8.57. The number of aromatic nitrogens is 1. The summed E-state index contributed by atoms with van der Waals surface area (Å²) in [6.07, 6.45) is 1.67. The third-order valence-electron chi connectivity index (χ3n) is 2.10. The van der Waals surface area contributed by atoms with Crippen LogP contribution in [0.5, 0.6) is 0 Å². The van der Waals surface area contributed by atoms with Crippen LogP contribution >= 0.6 is 0 Å². The molecular formula is C11H8F2N. The molecule has 1 nitrogen and oxygen atoms in total. The van der Waals surface area contributed by atoms with Crippen LogP contribution in [0.1, 0.15) is 0 Å². The molecule has 1 heterocycles. The van der Waals surface area contributed by atoms with Gasteiger partial charge >= 0.3 is 0 Å². The smallest absolute Gasteiger partial charge is 0.168 e. The molecule has 71 valence electrons. The highest BCUT2D eigenvalue weighted by Crippen LogP contribution is 2.23. The largest absolute Gasteiger partial charge is 0.350 e. The van der Waals surface area contributed by atoms with Crippen molar-refractivity contribution in [3.63, 3.8) is 0 Å². The van der Waals surface area contributed by atoms with Gasteiger partial charge in [0.25, 0.3) is 0 Å². The van der Waals surface area contributed by atoms with E-state index in [1.807, 2.05) is 0 Å². The van der Waals surface area contributed by atoms with Crippen LogP contribution < -0.4 is 0 Å². The third kappa shape index (κ3) is 1.31. The van der Waals surface area contributed by atoms with Crippen LogP contribution in [0.3, 0.4) is 0 Å². The van der Waals surface area contributed by atoms with Gasteiger partial charge in [-0.25, -0.2) is 8.78 Å². The molecule has 0 atom stereocenters. The quantitative estimate of drug-likeness (QED) is 0.654. The van der Waals surface area contributed by atoms with E-state index in [4.69, 9.17) is 0 Å². The summed E-state index contributed by atoms with van der Waals surface area (Å²) in [4.78, 5) is 0. The lowest BCUT2D eigenvalue weighted by atomic mass is 10.1. The van der Waals surface area contributed by atoms with Gasteiger partial charge in [0.1, 0.15) is 0 Å². The van der Waals surface area contributed by atoms with Crippen molar-refractivity contribution >= 4 is 0 Å². The molecule has 0 unspecified atom stereocenters. The minimum absolute atomic E-state index is 0.258. The maximum absolute atomic E-state index is 13.3. The van der Waals surface area contributed by atoms with Gasteiger partial charge < -0.3 is 4.57 Å². The fourth-order valence-corrected chi connectivity index (χ4v) is 1.37. The van der Waals surface area contributed by atoms with Crippen molar-refractivity contribution in [3.05, 3.63) is 48.2 Å². The van der Waals surface area contributed by atoms with E-state index < -0.39 is 11.6 Å². The zero-order chi connectivity index (χ0) is 10.1. The molecule has 2 aromatic rings. The van der Waals surface area contributed by atoms with E-state index in [-0.39, 0.29) is 5.56 Å². The number of benzene rings is 1. The Kier molecular flexibility index (Phi) is 2.08. The second-order valence-corrected chi connectivity index (χ2v) is 3.04. The molecule has 0 aliphatic heterocycles. The van der Waals surface area contributed by atoms with Crippen LogP contribution in [0.15, 0.2) is 30.5 Å². The van der Waals surface area contributed by atoms with Crippen molar-refractivity contribution in [2.45, 2.75) is 0 Å². The van der Waals surface area contributed by atoms with E-state index in [2.05, 4.69) is 6.07 Å². The molecule has 3 heteroatoms. The van der Waals surface area contributed by atoms with Gasteiger partial charge in [-0.2, -0.15) is 0 Å². The van der Waals surface area contributed by atoms with Crippen LogP contribution in [0, 0.1) is 17.7 Å². The average Bonchev–Trinajstić information content (AvgIpc) is 2.57. The first-order chi connectivity index (χ1) is 6.70. The molecule has 0 aliphatic carbocycles. The van der Waals surface area contributed by atoms with Crippen molar-refractivity contribution in [2.75, 3.05) is 0 Å². The summed E-state index contributed by atoms with van der Waals surface area (Å²) in [6.45, 7) is 0. The van der Waals surface area contributed by atoms with Crippen LogP contribution in [0.2, 0.25) is 0 Å². The second kappa shape index (κ2) is 3.25. The highest BCUT2D eigenvalue weighted by atomic mass is 19.2. The lowest BCUT2D eigenvalue weighted by Crippen LogP contribution is -1.94. The van der Waals surface area contributed by atoms with Crippen molar-refractivity contribution in [1.29, 1.82) is 0 Å². The van der Waals surface area contributed by atoms with Crippen LogP contribution in [-0.4, -0.2) is 4.57 Å². The van der Waals surface area contributed by atoms with E-state index in [1.54, 1.807) is 29.9 Å². The van der Waals surface area contributed by atoms with Crippen LogP contribution in [-0.2, 0) is 7.05 Å². The van der Waals surface area contributed by atoms with Crippen molar-refractivity contribution in [2.24, 2.45) is 7.05 Å². The molecule has 0 fully saturated rings.